The highest BCUT2D eigenvalue weighted by molar-refractivity contribution is 7.98. The second kappa shape index (κ2) is 11.6. The van der Waals surface area contributed by atoms with Crippen LogP contribution in [0.2, 0.25) is 0 Å². The number of hydrogen-bond acceptors (Lipinski definition) is 8. The number of ether oxygens (including phenoxy) is 1. The molecule has 40 heavy (non-hydrogen) atoms. The average molecular weight is 557 g/mol. The summed E-state index contributed by atoms with van der Waals surface area (Å²) in [4.78, 5) is 28.5. The number of pyridine rings is 1. The molecule has 0 atom stereocenters. The molecule has 0 bridgehead atoms. The molecule has 1 saturated carbocycles. The molecular formula is C31H36N6O2S. The molecule has 9 heteroatoms. The van der Waals surface area contributed by atoms with Crippen molar-refractivity contribution < 1.29 is 4.74 Å². The van der Waals surface area contributed by atoms with E-state index < -0.39 is 0 Å². The van der Waals surface area contributed by atoms with Crippen LogP contribution in [-0.4, -0.2) is 69.9 Å². The fourth-order valence-electron chi connectivity index (χ4n) is 6.04. The molecule has 0 radical (unpaired) electrons. The molecule has 2 aromatic carbocycles. The third-order valence-electron chi connectivity index (χ3n) is 8.31. The number of para-hydroxylation sites is 1. The van der Waals surface area contributed by atoms with Gasteiger partial charge >= 0.3 is 0 Å². The molecule has 2 aromatic heterocycles. The molecule has 1 aliphatic carbocycles. The largest absolute Gasteiger partial charge is 0.457 e. The molecule has 208 valence electrons. The van der Waals surface area contributed by atoms with Crippen molar-refractivity contribution in [3.8, 4) is 22.6 Å². The maximum Gasteiger partial charge on any atom is 0.260 e. The van der Waals surface area contributed by atoms with Gasteiger partial charge in [0.1, 0.15) is 23.0 Å². The lowest BCUT2D eigenvalue weighted by atomic mass is 9.89. The minimum atomic E-state index is -0.0302. The van der Waals surface area contributed by atoms with E-state index >= 15 is 0 Å². The van der Waals surface area contributed by atoms with Gasteiger partial charge in [-0.2, -0.15) is 0 Å². The van der Waals surface area contributed by atoms with Crippen molar-refractivity contribution in [2.45, 2.75) is 42.9 Å². The zero-order valence-electron chi connectivity index (χ0n) is 23.1. The van der Waals surface area contributed by atoms with E-state index in [-0.39, 0.29) is 11.6 Å². The van der Waals surface area contributed by atoms with E-state index in [0.717, 1.165) is 68.6 Å². The average Bonchev–Trinajstić information content (AvgIpc) is 2.98. The highest BCUT2D eigenvalue weighted by Gasteiger charge is 2.30. The number of thioether (sulfide) groups is 1. The summed E-state index contributed by atoms with van der Waals surface area (Å²) < 4.78 is 7.88. The summed E-state index contributed by atoms with van der Waals surface area (Å²) in [5.74, 6) is 1.88. The van der Waals surface area contributed by atoms with Crippen LogP contribution in [0, 0.1) is 0 Å². The van der Waals surface area contributed by atoms with Gasteiger partial charge in [0, 0.05) is 43.8 Å². The Bertz CT molecular complexity index is 1530. The van der Waals surface area contributed by atoms with Gasteiger partial charge in [-0.05, 0) is 74.9 Å². The third-order valence-corrected chi connectivity index (χ3v) is 8.86. The van der Waals surface area contributed by atoms with Crippen molar-refractivity contribution in [3.63, 3.8) is 0 Å². The van der Waals surface area contributed by atoms with E-state index in [4.69, 9.17) is 15.5 Å². The van der Waals surface area contributed by atoms with Crippen molar-refractivity contribution in [1.29, 1.82) is 0 Å². The normalized spacial score (nSPS) is 20.6. The quantitative estimate of drug-likeness (QED) is 0.253. The van der Waals surface area contributed by atoms with E-state index in [1.54, 1.807) is 0 Å². The van der Waals surface area contributed by atoms with Crippen molar-refractivity contribution >= 4 is 28.6 Å². The molecule has 1 saturated heterocycles. The van der Waals surface area contributed by atoms with Crippen LogP contribution in [0.1, 0.15) is 31.7 Å². The van der Waals surface area contributed by atoms with Gasteiger partial charge in [-0.3, -0.25) is 14.3 Å². The van der Waals surface area contributed by atoms with E-state index in [2.05, 4.69) is 21.8 Å². The number of likely N-dealkylation sites (N-methyl/N-ethyl adjacent to an activating group) is 1. The number of nitrogens with zero attached hydrogens (tertiary/aromatic N) is 5. The summed E-state index contributed by atoms with van der Waals surface area (Å²) >= 11 is 1.44. The van der Waals surface area contributed by atoms with Gasteiger partial charge in [0.2, 0.25) is 0 Å². The van der Waals surface area contributed by atoms with Crippen LogP contribution in [0.3, 0.4) is 0 Å². The first-order valence-electron chi connectivity index (χ1n) is 14.0. The lowest BCUT2D eigenvalue weighted by molar-refractivity contribution is 0.0824. The Labute approximate surface area is 239 Å². The molecule has 0 unspecified atom stereocenters. The molecule has 3 heterocycles. The Balaban J connectivity index is 1.34. The van der Waals surface area contributed by atoms with Gasteiger partial charge in [0.15, 0.2) is 5.16 Å². The number of anilines is 1. The van der Waals surface area contributed by atoms with Crippen LogP contribution in [0.15, 0.2) is 70.6 Å². The van der Waals surface area contributed by atoms with Crippen molar-refractivity contribution in [2.24, 2.45) is 0 Å². The summed E-state index contributed by atoms with van der Waals surface area (Å²) in [6.07, 6.45) is 5.97. The number of rotatable bonds is 6. The molecule has 2 N–H and O–H groups in total. The highest BCUT2D eigenvalue weighted by Crippen LogP contribution is 2.35. The van der Waals surface area contributed by atoms with Gasteiger partial charge in [0.05, 0.1) is 5.39 Å². The summed E-state index contributed by atoms with van der Waals surface area (Å²) in [5, 5.41) is 1.30. The number of aromatic nitrogens is 3. The summed E-state index contributed by atoms with van der Waals surface area (Å²) in [7, 11) is 2.19. The molecular weight excluding hydrogens is 520 g/mol. The Hall–Kier alpha value is -3.40. The van der Waals surface area contributed by atoms with Crippen LogP contribution >= 0.6 is 11.8 Å². The first kappa shape index (κ1) is 26.8. The first-order chi connectivity index (χ1) is 19.5. The Morgan fingerprint density at radius 3 is 2.20 bits per heavy atom. The summed E-state index contributed by atoms with van der Waals surface area (Å²) in [6, 6.07) is 19.8. The minimum Gasteiger partial charge on any atom is -0.457 e. The maximum atomic E-state index is 14.2. The van der Waals surface area contributed by atoms with E-state index in [9.17, 15) is 4.79 Å². The van der Waals surface area contributed by atoms with Crippen LogP contribution in [0.4, 0.5) is 5.82 Å². The predicted molar refractivity (Wildman–Crippen MR) is 162 cm³/mol. The topological polar surface area (TPSA) is 89.5 Å². The van der Waals surface area contributed by atoms with Crippen LogP contribution in [0.5, 0.6) is 11.5 Å². The number of piperazine rings is 1. The van der Waals surface area contributed by atoms with Gasteiger partial charge in [-0.1, -0.05) is 42.1 Å². The van der Waals surface area contributed by atoms with E-state index in [0.29, 0.717) is 34.0 Å². The zero-order chi connectivity index (χ0) is 27.6. The number of fused-ring (bicyclic) bond motifs is 1. The lowest BCUT2D eigenvalue weighted by Gasteiger charge is -2.41. The van der Waals surface area contributed by atoms with Crippen molar-refractivity contribution in [1.82, 2.24) is 24.3 Å². The Morgan fingerprint density at radius 2 is 1.52 bits per heavy atom. The van der Waals surface area contributed by atoms with E-state index in [1.807, 2.05) is 71.5 Å². The van der Waals surface area contributed by atoms with E-state index in [1.165, 1.54) is 11.8 Å². The van der Waals surface area contributed by atoms with Crippen LogP contribution < -0.4 is 16.0 Å². The molecule has 8 nitrogen and oxygen atoms in total. The first-order valence-corrected chi connectivity index (χ1v) is 15.3. The summed E-state index contributed by atoms with van der Waals surface area (Å²) in [5.41, 5.74) is 8.49. The number of benzene rings is 2. The van der Waals surface area contributed by atoms with Gasteiger partial charge in [0.25, 0.3) is 5.56 Å². The SMILES string of the molecule is CSc1nc(N)c2cc(-c3ccc(Oc4ccccc4)cc3)c(=O)n(C3CCC(N4CCN(C)CC4)CC3)c2n1. The minimum absolute atomic E-state index is 0.0302. The van der Waals surface area contributed by atoms with Crippen LogP contribution in [-0.2, 0) is 0 Å². The molecule has 0 amide bonds. The molecule has 4 aromatic rings. The maximum absolute atomic E-state index is 14.2. The highest BCUT2D eigenvalue weighted by atomic mass is 32.2. The second-order valence-corrected chi connectivity index (χ2v) is 11.6. The molecule has 2 aliphatic rings. The molecule has 0 spiro atoms. The van der Waals surface area contributed by atoms with Gasteiger partial charge in [-0.25, -0.2) is 9.97 Å². The van der Waals surface area contributed by atoms with Gasteiger partial charge in [-0.15, -0.1) is 0 Å². The third kappa shape index (κ3) is 5.46. The molecule has 2 fully saturated rings. The second-order valence-electron chi connectivity index (χ2n) is 10.8. The molecule has 6 rings (SSSR count). The monoisotopic (exact) mass is 556 g/mol. The zero-order valence-corrected chi connectivity index (χ0v) is 23.9. The van der Waals surface area contributed by atoms with Gasteiger partial charge < -0.3 is 15.4 Å². The van der Waals surface area contributed by atoms with Crippen molar-refractivity contribution in [2.75, 3.05) is 45.2 Å². The standard InChI is InChI=1S/C31H36N6O2S/c1-35-16-18-36(19-17-35)22-10-12-23(13-11-22)37-29-27(28(32)33-31(34-29)40-2)20-26(30(37)38)21-8-14-25(15-9-21)39-24-6-4-3-5-7-24/h3-9,14-15,20,22-23H,10-13,16-19H2,1-2H3,(H2,32,33,34). The van der Waals surface area contributed by atoms with Crippen LogP contribution in [0.25, 0.3) is 22.2 Å². The fourth-order valence-corrected chi connectivity index (χ4v) is 6.41. The summed E-state index contributed by atoms with van der Waals surface area (Å²) in [6.45, 7) is 4.48. The lowest BCUT2D eigenvalue weighted by Crippen LogP contribution is -2.50. The molecule has 1 aliphatic heterocycles. The fraction of sp³-hybridized carbons (Fsp3) is 0.387. The number of hydrogen-bond donors (Lipinski definition) is 1. The smallest absolute Gasteiger partial charge is 0.260 e. The number of nitrogens with two attached hydrogens (primary N) is 1. The Kier molecular flexibility index (Phi) is 7.78. The number of nitrogen functional groups attached to an aromatic ring is 1. The predicted octanol–water partition coefficient (Wildman–Crippen LogP) is 5.29. The van der Waals surface area contributed by atoms with Crippen molar-refractivity contribution in [3.05, 3.63) is 71.0 Å². The Morgan fingerprint density at radius 1 is 0.875 bits per heavy atom.